The molecule has 0 spiro atoms. The van der Waals surface area contributed by atoms with Crippen molar-refractivity contribution in [1.29, 1.82) is 0 Å². The van der Waals surface area contributed by atoms with Crippen molar-refractivity contribution in [3.8, 4) is 11.3 Å². The molecule has 0 atom stereocenters. The van der Waals surface area contributed by atoms with Crippen LogP contribution in [0.1, 0.15) is 37.0 Å². The van der Waals surface area contributed by atoms with Crippen LogP contribution in [0.2, 0.25) is 0 Å². The fourth-order valence-corrected chi connectivity index (χ4v) is 3.32. The van der Waals surface area contributed by atoms with Gasteiger partial charge in [-0.25, -0.2) is 9.67 Å². The van der Waals surface area contributed by atoms with E-state index < -0.39 is 0 Å². The van der Waals surface area contributed by atoms with Gasteiger partial charge in [-0.1, -0.05) is 30.3 Å². The number of carbonyl (C=O) groups excluding carboxylic acids is 1. The van der Waals surface area contributed by atoms with E-state index in [1.54, 1.807) is 6.20 Å². The predicted octanol–water partition coefficient (Wildman–Crippen LogP) is 3.74. The summed E-state index contributed by atoms with van der Waals surface area (Å²) in [5, 5.41) is 5.26. The maximum Gasteiger partial charge on any atom is 0.254 e. The molecule has 0 aliphatic heterocycles. The Morgan fingerprint density at radius 2 is 2.00 bits per heavy atom. The lowest BCUT2D eigenvalue weighted by Gasteiger charge is -2.21. The zero-order valence-corrected chi connectivity index (χ0v) is 14.6. The second kappa shape index (κ2) is 6.31. The van der Waals surface area contributed by atoms with E-state index in [1.807, 2.05) is 59.8 Å². The van der Waals surface area contributed by atoms with E-state index in [0.717, 1.165) is 48.2 Å². The smallest absolute Gasteiger partial charge is 0.254 e. The van der Waals surface area contributed by atoms with E-state index in [0.29, 0.717) is 11.6 Å². The molecule has 1 aliphatic rings. The summed E-state index contributed by atoms with van der Waals surface area (Å²) in [6, 6.07) is 12.3. The maximum atomic E-state index is 13.2. The van der Waals surface area contributed by atoms with Gasteiger partial charge in [-0.15, -0.1) is 0 Å². The number of aryl methyl sites for hydroxylation is 1. The largest absolute Gasteiger partial charge is 0.336 e. The van der Waals surface area contributed by atoms with E-state index >= 15 is 0 Å². The third-order valence-corrected chi connectivity index (χ3v) is 4.80. The van der Waals surface area contributed by atoms with Crippen LogP contribution in [0.15, 0.2) is 42.6 Å². The summed E-state index contributed by atoms with van der Waals surface area (Å²) in [5.41, 5.74) is 3.31. The van der Waals surface area contributed by atoms with Gasteiger partial charge in [0.1, 0.15) is 0 Å². The fraction of sp³-hybridized carbons (Fsp3) is 0.350. The van der Waals surface area contributed by atoms with Crippen LogP contribution < -0.4 is 0 Å². The van der Waals surface area contributed by atoms with E-state index in [4.69, 9.17) is 4.98 Å². The Bertz CT molecular complexity index is 912. The van der Waals surface area contributed by atoms with Crippen LogP contribution in [-0.2, 0) is 6.54 Å². The van der Waals surface area contributed by atoms with E-state index in [-0.39, 0.29) is 5.91 Å². The van der Waals surface area contributed by atoms with Crippen LogP contribution >= 0.6 is 0 Å². The van der Waals surface area contributed by atoms with E-state index in [9.17, 15) is 4.79 Å². The summed E-state index contributed by atoms with van der Waals surface area (Å²) >= 11 is 0. The highest BCUT2D eigenvalue weighted by Crippen LogP contribution is 2.31. The van der Waals surface area contributed by atoms with Gasteiger partial charge in [-0.2, -0.15) is 5.10 Å². The molecule has 5 heteroatoms. The van der Waals surface area contributed by atoms with Crippen LogP contribution in [0.3, 0.4) is 0 Å². The predicted molar refractivity (Wildman–Crippen MR) is 98.4 cm³/mol. The molecular weight excluding hydrogens is 312 g/mol. The lowest BCUT2D eigenvalue weighted by molar-refractivity contribution is 0.0754. The van der Waals surface area contributed by atoms with Gasteiger partial charge in [0.05, 0.1) is 22.8 Å². The Kier molecular flexibility index (Phi) is 3.99. The van der Waals surface area contributed by atoms with Crippen molar-refractivity contribution >= 4 is 16.9 Å². The molecule has 0 unspecified atom stereocenters. The van der Waals surface area contributed by atoms with Crippen LogP contribution in [0.25, 0.3) is 22.3 Å². The van der Waals surface area contributed by atoms with Crippen LogP contribution in [0.4, 0.5) is 0 Å². The molecule has 1 saturated carbocycles. The standard InChI is InChI=1S/C20H22N4O/c1-3-23(15-10-11-15)20(25)16-12-18(14-8-6-5-7-9-14)22-19-17(16)13-21-24(19)4-2/h5-9,12-13,15H,3-4,10-11H2,1-2H3. The van der Waals surface area contributed by atoms with Crippen molar-refractivity contribution in [2.24, 2.45) is 0 Å². The monoisotopic (exact) mass is 334 g/mol. The molecule has 1 aromatic carbocycles. The van der Waals surface area contributed by atoms with Crippen molar-refractivity contribution in [2.75, 3.05) is 6.54 Å². The molecule has 4 rings (SSSR count). The highest BCUT2D eigenvalue weighted by Gasteiger charge is 2.33. The summed E-state index contributed by atoms with van der Waals surface area (Å²) in [4.78, 5) is 20.0. The summed E-state index contributed by atoms with van der Waals surface area (Å²) in [6.07, 6.45) is 3.98. The molecule has 25 heavy (non-hydrogen) atoms. The van der Waals surface area contributed by atoms with Gasteiger partial charge in [0, 0.05) is 24.7 Å². The number of carbonyl (C=O) groups is 1. The summed E-state index contributed by atoms with van der Waals surface area (Å²) in [6.45, 7) is 5.54. The molecule has 1 aliphatic carbocycles. The molecule has 1 fully saturated rings. The van der Waals surface area contributed by atoms with Crippen LogP contribution in [0, 0.1) is 0 Å². The number of hydrogen-bond donors (Lipinski definition) is 0. The zero-order valence-electron chi connectivity index (χ0n) is 14.6. The number of fused-ring (bicyclic) bond motifs is 1. The highest BCUT2D eigenvalue weighted by molar-refractivity contribution is 6.06. The minimum absolute atomic E-state index is 0.0882. The maximum absolute atomic E-state index is 13.2. The summed E-state index contributed by atoms with van der Waals surface area (Å²) < 4.78 is 1.85. The molecule has 5 nitrogen and oxygen atoms in total. The van der Waals surface area contributed by atoms with Gasteiger partial charge in [0.25, 0.3) is 5.91 Å². The number of aromatic nitrogens is 3. The van der Waals surface area contributed by atoms with E-state index in [2.05, 4.69) is 5.10 Å². The van der Waals surface area contributed by atoms with Gasteiger partial charge in [-0.05, 0) is 32.8 Å². The van der Waals surface area contributed by atoms with E-state index in [1.165, 1.54) is 0 Å². The minimum atomic E-state index is 0.0882. The number of benzene rings is 1. The number of rotatable bonds is 5. The van der Waals surface area contributed by atoms with Crippen molar-refractivity contribution in [2.45, 2.75) is 39.3 Å². The van der Waals surface area contributed by atoms with Crippen LogP contribution in [-0.4, -0.2) is 38.2 Å². The number of nitrogens with zero attached hydrogens (tertiary/aromatic N) is 4. The van der Waals surface area contributed by atoms with Crippen LogP contribution in [0.5, 0.6) is 0 Å². The Labute approximate surface area is 147 Å². The second-order valence-electron chi connectivity index (χ2n) is 6.44. The Hall–Kier alpha value is -2.69. The molecular formula is C20H22N4O. The molecule has 128 valence electrons. The zero-order chi connectivity index (χ0) is 17.4. The summed E-state index contributed by atoms with van der Waals surface area (Å²) in [5.74, 6) is 0.0882. The molecule has 0 radical (unpaired) electrons. The fourth-order valence-electron chi connectivity index (χ4n) is 3.32. The molecule has 3 aromatic rings. The lowest BCUT2D eigenvalue weighted by Crippen LogP contribution is -2.33. The molecule has 1 amide bonds. The first-order valence-corrected chi connectivity index (χ1v) is 8.95. The first kappa shape index (κ1) is 15.8. The molecule has 0 N–H and O–H groups in total. The SMILES string of the molecule is CCN(C(=O)c1cc(-c2ccccc2)nc2c1cnn2CC)C1CC1. The van der Waals surface area contributed by atoms with Crippen molar-refractivity contribution in [3.63, 3.8) is 0 Å². The van der Waals surface area contributed by atoms with Gasteiger partial charge in [0.15, 0.2) is 5.65 Å². The van der Waals surface area contributed by atoms with Gasteiger partial charge < -0.3 is 4.90 Å². The quantitative estimate of drug-likeness (QED) is 0.714. The molecule has 0 bridgehead atoms. The number of amides is 1. The topological polar surface area (TPSA) is 51.0 Å². The first-order chi connectivity index (χ1) is 12.2. The number of hydrogen-bond acceptors (Lipinski definition) is 3. The van der Waals surface area contributed by atoms with Gasteiger partial charge >= 0.3 is 0 Å². The first-order valence-electron chi connectivity index (χ1n) is 8.95. The molecule has 2 aromatic heterocycles. The Morgan fingerprint density at radius 3 is 2.64 bits per heavy atom. The summed E-state index contributed by atoms with van der Waals surface area (Å²) in [7, 11) is 0. The average molecular weight is 334 g/mol. The van der Waals surface area contributed by atoms with Crippen molar-refractivity contribution in [3.05, 3.63) is 48.2 Å². The van der Waals surface area contributed by atoms with Crippen molar-refractivity contribution < 1.29 is 4.79 Å². The normalized spacial score (nSPS) is 14.0. The third-order valence-electron chi connectivity index (χ3n) is 4.80. The molecule has 0 saturated heterocycles. The number of pyridine rings is 1. The third kappa shape index (κ3) is 2.80. The Balaban J connectivity index is 1.89. The van der Waals surface area contributed by atoms with Gasteiger partial charge in [-0.3, -0.25) is 4.79 Å². The highest BCUT2D eigenvalue weighted by atomic mass is 16.2. The van der Waals surface area contributed by atoms with Crippen molar-refractivity contribution in [1.82, 2.24) is 19.7 Å². The minimum Gasteiger partial charge on any atom is -0.336 e. The van der Waals surface area contributed by atoms with Gasteiger partial charge in [0.2, 0.25) is 0 Å². The lowest BCUT2D eigenvalue weighted by atomic mass is 10.1. The molecule has 2 heterocycles. The Morgan fingerprint density at radius 1 is 1.24 bits per heavy atom. The second-order valence-corrected chi connectivity index (χ2v) is 6.44. The average Bonchev–Trinajstić information content (AvgIpc) is 3.40.